The topological polar surface area (TPSA) is 53.9 Å². The van der Waals surface area contributed by atoms with Crippen LogP contribution in [0.25, 0.3) is 0 Å². The second-order valence-electron chi connectivity index (χ2n) is 6.91. The minimum atomic E-state index is -0.326. The maximum absolute atomic E-state index is 14.1. The molecular formula is C21H24FN3O2. The largest absolute Gasteiger partial charge is 0.390 e. The van der Waals surface area contributed by atoms with Crippen LogP contribution < -0.4 is 5.32 Å². The van der Waals surface area contributed by atoms with E-state index >= 15 is 0 Å². The molecule has 0 bridgehead atoms. The second-order valence-corrected chi connectivity index (χ2v) is 6.91. The molecule has 1 unspecified atom stereocenters. The Morgan fingerprint density at radius 2 is 1.93 bits per heavy atom. The molecule has 1 aliphatic heterocycles. The fraction of sp³-hybridized carbons (Fsp3) is 0.333. The van der Waals surface area contributed by atoms with Gasteiger partial charge in [-0.25, -0.2) is 9.18 Å². The van der Waals surface area contributed by atoms with Crippen LogP contribution in [0.3, 0.4) is 0 Å². The summed E-state index contributed by atoms with van der Waals surface area (Å²) in [7, 11) is 0. The molecule has 0 radical (unpaired) electrons. The first-order valence-corrected chi connectivity index (χ1v) is 9.10. The Morgan fingerprint density at radius 1 is 1.22 bits per heavy atom. The molecule has 1 N–H and O–H groups in total. The molecule has 27 heavy (non-hydrogen) atoms. The van der Waals surface area contributed by atoms with Crippen molar-refractivity contribution >= 4 is 11.7 Å². The van der Waals surface area contributed by atoms with Gasteiger partial charge in [0.25, 0.3) is 0 Å². The zero-order valence-electron chi connectivity index (χ0n) is 15.6. The summed E-state index contributed by atoms with van der Waals surface area (Å²) in [5.41, 5.74) is 2.33. The minimum Gasteiger partial charge on any atom is -0.390 e. The highest BCUT2D eigenvalue weighted by atomic mass is 19.1. The van der Waals surface area contributed by atoms with Crippen LogP contribution in [-0.4, -0.2) is 35.3 Å². The predicted octanol–water partition coefficient (Wildman–Crippen LogP) is 3.94. The molecule has 0 saturated carbocycles. The van der Waals surface area contributed by atoms with Crippen LogP contribution in [0.15, 0.2) is 59.8 Å². The van der Waals surface area contributed by atoms with E-state index in [2.05, 4.69) is 10.5 Å². The van der Waals surface area contributed by atoms with Crippen molar-refractivity contribution in [2.75, 3.05) is 6.54 Å². The van der Waals surface area contributed by atoms with Crippen LogP contribution in [0.4, 0.5) is 9.18 Å². The molecule has 1 aliphatic rings. The Labute approximate surface area is 158 Å². The van der Waals surface area contributed by atoms with E-state index in [0.29, 0.717) is 18.5 Å². The van der Waals surface area contributed by atoms with E-state index < -0.39 is 0 Å². The Hall–Kier alpha value is -2.89. The quantitative estimate of drug-likeness (QED) is 0.839. The predicted molar refractivity (Wildman–Crippen MR) is 103 cm³/mol. The van der Waals surface area contributed by atoms with Crippen molar-refractivity contribution in [3.8, 4) is 0 Å². The molecule has 2 aromatic carbocycles. The zero-order chi connectivity index (χ0) is 19.2. The number of hydrogen-bond donors (Lipinski definition) is 1. The van der Waals surface area contributed by atoms with E-state index in [4.69, 9.17) is 4.84 Å². The molecule has 0 saturated heterocycles. The number of benzene rings is 2. The van der Waals surface area contributed by atoms with Crippen LogP contribution in [0.1, 0.15) is 31.4 Å². The maximum Gasteiger partial charge on any atom is 0.318 e. The number of halogens is 1. The normalized spacial score (nSPS) is 16.0. The van der Waals surface area contributed by atoms with Gasteiger partial charge in [0.05, 0.1) is 18.8 Å². The molecule has 6 heteroatoms. The number of rotatable bonds is 6. The minimum absolute atomic E-state index is 0.0127. The molecule has 142 valence electrons. The number of urea groups is 1. The number of nitrogens with zero attached hydrogens (tertiary/aromatic N) is 2. The zero-order valence-corrected chi connectivity index (χ0v) is 15.6. The Bertz CT molecular complexity index is 808. The smallest absolute Gasteiger partial charge is 0.318 e. The number of oxime groups is 1. The number of carbonyl (C=O) groups is 1. The van der Waals surface area contributed by atoms with E-state index in [1.54, 1.807) is 23.1 Å². The lowest BCUT2D eigenvalue weighted by atomic mass is 10.0. The van der Waals surface area contributed by atoms with Crippen molar-refractivity contribution in [3.63, 3.8) is 0 Å². The molecule has 0 aromatic heterocycles. The van der Waals surface area contributed by atoms with Gasteiger partial charge >= 0.3 is 6.03 Å². The maximum atomic E-state index is 14.1. The fourth-order valence-corrected chi connectivity index (χ4v) is 2.96. The lowest BCUT2D eigenvalue weighted by Crippen LogP contribution is -2.45. The third-order valence-corrected chi connectivity index (χ3v) is 4.28. The second kappa shape index (κ2) is 8.66. The number of nitrogens with one attached hydrogen (secondary N) is 1. The van der Waals surface area contributed by atoms with Gasteiger partial charge in [0.2, 0.25) is 0 Å². The van der Waals surface area contributed by atoms with E-state index in [0.717, 1.165) is 11.3 Å². The van der Waals surface area contributed by atoms with Crippen LogP contribution in [0, 0.1) is 5.82 Å². The first-order chi connectivity index (χ1) is 13.0. The average Bonchev–Trinajstić information content (AvgIpc) is 3.12. The van der Waals surface area contributed by atoms with Crippen molar-refractivity contribution in [1.82, 2.24) is 10.2 Å². The average molecular weight is 369 g/mol. The van der Waals surface area contributed by atoms with Gasteiger partial charge in [-0.3, -0.25) is 0 Å². The van der Waals surface area contributed by atoms with Crippen molar-refractivity contribution in [1.29, 1.82) is 0 Å². The van der Waals surface area contributed by atoms with E-state index in [1.165, 1.54) is 6.07 Å². The van der Waals surface area contributed by atoms with Crippen molar-refractivity contribution < 1.29 is 14.0 Å². The highest BCUT2D eigenvalue weighted by Gasteiger charge is 2.27. The summed E-state index contributed by atoms with van der Waals surface area (Å²) in [6, 6.07) is 16.0. The Kier molecular flexibility index (Phi) is 6.06. The van der Waals surface area contributed by atoms with Crippen molar-refractivity contribution in [3.05, 3.63) is 71.5 Å². The van der Waals surface area contributed by atoms with Gasteiger partial charge < -0.3 is 15.1 Å². The summed E-state index contributed by atoms with van der Waals surface area (Å²) in [5.74, 6) is -0.326. The highest BCUT2D eigenvalue weighted by molar-refractivity contribution is 6.01. The van der Waals surface area contributed by atoms with Gasteiger partial charge in [-0.15, -0.1) is 0 Å². The van der Waals surface area contributed by atoms with Gasteiger partial charge in [-0.1, -0.05) is 53.7 Å². The molecule has 1 atom stereocenters. The van der Waals surface area contributed by atoms with E-state index in [9.17, 15) is 9.18 Å². The summed E-state index contributed by atoms with van der Waals surface area (Å²) < 4.78 is 14.1. The van der Waals surface area contributed by atoms with E-state index in [-0.39, 0.29) is 30.5 Å². The van der Waals surface area contributed by atoms with Crippen molar-refractivity contribution in [2.24, 2.45) is 5.16 Å². The molecule has 1 heterocycles. The third kappa shape index (κ3) is 5.06. The van der Waals surface area contributed by atoms with Gasteiger partial charge in [0.1, 0.15) is 5.82 Å². The highest BCUT2D eigenvalue weighted by Crippen LogP contribution is 2.19. The van der Waals surface area contributed by atoms with Crippen molar-refractivity contribution in [2.45, 2.75) is 39.0 Å². The van der Waals surface area contributed by atoms with Gasteiger partial charge in [-0.05, 0) is 25.5 Å². The van der Waals surface area contributed by atoms with Gasteiger partial charge in [0, 0.05) is 18.0 Å². The number of hydrogen-bond acceptors (Lipinski definition) is 3. The summed E-state index contributed by atoms with van der Waals surface area (Å²) in [6.45, 7) is 4.28. The van der Waals surface area contributed by atoms with Gasteiger partial charge in [-0.2, -0.15) is 0 Å². The summed E-state index contributed by atoms with van der Waals surface area (Å²) in [4.78, 5) is 19.7. The molecule has 2 aromatic rings. The third-order valence-electron chi connectivity index (χ3n) is 4.28. The number of amides is 2. The van der Waals surface area contributed by atoms with Crippen LogP contribution in [0.5, 0.6) is 0 Å². The monoisotopic (exact) mass is 369 g/mol. The lowest BCUT2D eigenvalue weighted by Gasteiger charge is -2.26. The summed E-state index contributed by atoms with van der Waals surface area (Å²) in [5, 5.41) is 7.04. The summed E-state index contributed by atoms with van der Waals surface area (Å²) >= 11 is 0. The van der Waals surface area contributed by atoms with Crippen LogP contribution in [-0.2, 0) is 11.4 Å². The molecule has 3 rings (SSSR count). The Morgan fingerprint density at radius 3 is 2.63 bits per heavy atom. The SMILES string of the molecule is CC(C)NC(=O)N(Cc1ccccc1F)CC1CC(c2ccccc2)=NO1. The van der Waals surface area contributed by atoms with Crippen LogP contribution >= 0.6 is 0 Å². The fourth-order valence-electron chi connectivity index (χ4n) is 2.96. The first kappa shape index (κ1) is 18.9. The summed E-state index contributed by atoms with van der Waals surface area (Å²) in [6.07, 6.45) is 0.345. The van der Waals surface area contributed by atoms with E-state index in [1.807, 2.05) is 44.2 Å². The molecule has 5 nitrogen and oxygen atoms in total. The molecule has 0 aliphatic carbocycles. The lowest BCUT2D eigenvalue weighted by molar-refractivity contribution is 0.0584. The standard InChI is InChI=1S/C21H24FN3O2/c1-15(2)23-21(26)25(13-17-10-6-7-11-19(17)22)14-18-12-20(24-27-18)16-8-4-3-5-9-16/h3-11,15,18H,12-14H2,1-2H3,(H,23,26). The molecular weight excluding hydrogens is 345 g/mol. The van der Waals surface area contributed by atoms with Gasteiger partial charge in [0.15, 0.2) is 6.10 Å². The molecule has 2 amide bonds. The van der Waals surface area contributed by atoms with Crippen LogP contribution in [0.2, 0.25) is 0 Å². The molecule has 0 spiro atoms. The Balaban J connectivity index is 1.68. The first-order valence-electron chi connectivity index (χ1n) is 9.10. The number of carbonyl (C=O) groups excluding carboxylic acids is 1. The molecule has 0 fully saturated rings.